The topological polar surface area (TPSA) is 169 Å². The van der Waals surface area contributed by atoms with Gasteiger partial charge in [-0.25, -0.2) is 15.6 Å². The predicted molar refractivity (Wildman–Crippen MR) is 103 cm³/mol. The van der Waals surface area contributed by atoms with Gasteiger partial charge in [0, 0.05) is 18.3 Å². The van der Waals surface area contributed by atoms with E-state index in [1.54, 1.807) is 12.2 Å². The van der Waals surface area contributed by atoms with Crippen LogP contribution < -0.4 is 16.3 Å². The van der Waals surface area contributed by atoms with E-state index in [-0.39, 0.29) is 5.56 Å². The molecule has 2 aromatic rings. The van der Waals surface area contributed by atoms with Gasteiger partial charge < -0.3 is 0 Å². The quantitative estimate of drug-likeness (QED) is 0.382. The van der Waals surface area contributed by atoms with E-state index in [1.165, 1.54) is 6.21 Å². The third kappa shape index (κ3) is 6.56. The number of nitrogens with zero attached hydrogens (tertiary/aromatic N) is 3. The molecule has 12 heteroatoms. The monoisotopic (exact) mass is 398 g/mol. The number of hydrazine groups is 1. The standard InChI is InChI=1S/C17H14N6O6/c24-16(13-9-14(22(26)27)11-15(10-13)23(28)29)19-21-17(25)20-18-8-4-7-12-5-2-1-3-6-12/h1-11H,(H,19,24)(H2,20,21,25)/b7-4-,18-8-. The van der Waals surface area contributed by atoms with E-state index in [0.717, 1.165) is 17.7 Å². The summed E-state index contributed by atoms with van der Waals surface area (Å²) in [5, 5.41) is 25.3. The van der Waals surface area contributed by atoms with Gasteiger partial charge in [0.15, 0.2) is 0 Å². The van der Waals surface area contributed by atoms with Crippen molar-refractivity contribution in [3.05, 3.63) is 86.0 Å². The van der Waals surface area contributed by atoms with Crippen molar-refractivity contribution in [3.8, 4) is 0 Å². The number of nitro groups is 2. The molecule has 0 heterocycles. The number of benzene rings is 2. The number of nitrogens with one attached hydrogen (secondary N) is 3. The van der Waals surface area contributed by atoms with Crippen molar-refractivity contribution in [2.45, 2.75) is 0 Å². The summed E-state index contributed by atoms with van der Waals surface area (Å²) in [5.74, 6) is -0.986. The molecule has 2 rings (SSSR count). The van der Waals surface area contributed by atoms with E-state index in [4.69, 9.17) is 0 Å². The first-order chi connectivity index (χ1) is 13.9. The Hall–Kier alpha value is -4.61. The summed E-state index contributed by atoms with van der Waals surface area (Å²) in [4.78, 5) is 43.5. The molecule has 0 aliphatic heterocycles. The van der Waals surface area contributed by atoms with Crippen LogP contribution in [0.1, 0.15) is 15.9 Å². The third-order valence-corrected chi connectivity index (χ3v) is 3.29. The minimum Gasteiger partial charge on any atom is -0.267 e. The molecule has 0 saturated carbocycles. The summed E-state index contributed by atoms with van der Waals surface area (Å²) in [6.07, 6.45) is 4.63. The van der Waals surface area contributed by atoms with Gasteiger partial charge in [0.2, 0.25) is 0 Å². The van der Waals surface area contributed by atoms with Gasteiger partial charge in [-0.3, -0.25) is 30.4 Å². The fraction of sp³-hybridized carbons (Fsp3) is 0. The SMILES string of the molecule is O=C(N/N=C\C=C/c1ccccc1)NNC(=O)c1cc([N+](=O)[O-])cc([N+](=O)[O-])c1. The lowest BCUT2D eigenvalue weighted by molar-refractivity contribution is -0.394. The zero-order valence-electron chi connectivity index (χ0n) is 14.6. The van der Waals surface area contributed by atoms with Gasteiger partial charge in [-0.05, 0) is 11.6 Å². The van der Waals surface area contributed by atoms with E-state index in [9.17, 15) is 29.8 Å². The number of urea groups is 1. The Labute approximate surface area is 163 Å². The smallest absolute Gasteiger partial charge is 0.267 e. The van der Waals surface area contributed by atoms with Gasteiger partial charge in [0.1, 0.15) is 0 Å². The van der Waals surface area contributed by atoms with Crippen molar-refractivity contribution in [2.24, 2.45) is 5.10 Å². The molecule has 0 aliphatic carbocycles. The number of non-ortho nitro benzene ring substituents is 2. The van der Waals surface area contributed by atoms with Gasteiger partial charge in [-0.15, -0.1) is 0 Å². The number of hydrogen-bond acceptors (Lipinski definition) is 7. The van der Waals surface area contributed by atoms with Crippen LogP contribution in [0.4, 0.5) is 16.2 Å². The Morgan fingerprint density at radius 3 is 2.14 bits per heavy atom. The molecule has 12 nitrogen and oxygen atoms in total. The zero-order valence-corrected chi connectivity index (χ0v) is 14.6. The number of allylic oxidation sites excluding steroid dienone is 1. The van der Waals surface area contributed by atoms with Crippen molar-refractivity contribution < 1.29 is 19.4 Å². The van der Waals surface area contributed by atoms with E-state index in [0.29, 0.717) is 6.07 Å². The first-order valence-electron chi connectivity index (χ1n) is 7.92. The molecule has 0 bridgehead atoms. The van der Waals surface area contributed by atoms with Gasteiger partial charge in [-0.1, -0.05) is 36.4 Å². The van der Waals surface area contributed by atoms with Crippen LogP contribution in [0.15, 0.2) is 59.7 Å². The Balaban J connectivity index is 1.89. The molecule has 2 aromatic carbocycles. The molecule has 0 aromatic heterocycles. The Kier molecular flexibility index (Phi) is 7.08. The highest BCUT2D eigenvalue weighted by atomic mass is 16.6. The molecule has 3 amide bonds. The minimum atomic E-state index is -0.986. The Morgan fingerprint density at radius 1 is 0.931 bits per heavy atom. The summed E-state index contributed by atoms with van der Waals surface area (Å²) in [5.41, 5.74) is 5.28. The van der Waals surface area contributed by atoms with Gasteiger partial charge in [-0.2, -0.15) is 5.10 Å². The number of amides is 3. The molecular formula is C17H14N6O6. The molecule has 0 unspecified atom stereocenters. The van der Waals surface area contributed by atoms with E-state index >= 15 is 0 Å². The maximum Gasteiger partial charge on any atom is 0.353 e. The highest BCUT2D eigenvalue weighted by molar-refractivity contribution is 5.96. The van der Waals surface area contributed by atoms with Crippen LogP contribution in [0.5, 0.6) is 0 Å². The lowest BCUT2D eigenvalue weighted by Crippen LogP contribution is -2.45. The second kappa shape index (κ2) is 9.91. The Bertz CT molecular complexity index is 957. The number of hydrazone groups is 1. The van der Waals surface area contributed by atoms with Gasteiger partial charge >= 0.3 is 6.03 Å². The van der Waals surface area contributed by atoms with E-state index < -0.39 is 33.2 Å². The Morgan fingerprint density at radius 2 is 1.55 bits per heavy atom. The summed E-state index contributed by atoms with van der Waals surface area (Å²) >= 11 is 0. The molecule has 0 aliphatic rings. The fourth-order valence-electron chi connectivity index (χ4n) is 2.01. The van der Waals surface area contributed by atoms with Crippen molar-refractivity contribution in [3.63, 3.8) is 0 Å². The molecule has 29 heavy (non-hydrogen) atoms. The molecular weight excluding hydrogens is 384 g/mol. The average Bonchev–Trinajstić information content (AvgIpc) is 2.72. The predicted octanol–water partition coefficient (Wildman–Crippen LogP) is 2.15. The maximum atomic E-state index is 12.0. The lowest BCUT2D eigenvalue weighted by atomic mass is 10.1. The number of nitro benzene ring substituents is 2. The molecule has 148 valence electrons. The molecule has 3 N–H and O–H groups in total. The molecule has 0 radical (unpaired) electrons. The fourth-order valence-corrected chi connectivity index (χ4v) is 2.01. The zero-order chi connectivity index (χ0) is 21.2. The van der Waals surface area contributed by atoms with Crippen LogP contribution in [0.25, 0.3) is 6.08 Å². The van der Waals surface area contributed by atoms with Gasteiger partial charge in [0.25, 0.3) is 17.3 Å². The summed E-state index contributed by atoms with van der Waals surface area (Å²) in [6.45, 7) is 0. The minimum absolute atomic E-state index is 0.375. The van der Waals surface area contributed by atoms with Crippen LogP contribution in [-0.2, 0) is 0 Å². The van der Waals surface area contributed by atoms with Crippen LogP contribution in [0.2, 0.25) is 0 Å². The lowest BCUT2D eigenvalue weighted by Gasteiger charge is -2.06. The highest BCUT2D eigenvalue weighted by Gasteiger charge is 2.20. The second-order valence-electron chi connectivity index (χ2n) is 5.32. The summed E-state index contributed by atoms with van der Waals surface area (Å²) in [6, 6.07) is 10.8. The van der Waals surface area contributed by atoms with Crippen LogP contribution in [-0.4, -0.2) is 28.0 Å². The van der Waals surface area contributed by atoms with Crippen molar-refractivity contribution in [1.82, 2.24) is 16.3 Å². The van der Waals surface area contributed by atoms with E-state index in [2.05, 4.69) is 10.5 Å². The maximum absolute atomic E-state index is 12.0. The summed E-state index contributed by atoms with van der Waals surface area (Å²) < 4.78 is 0. The molecule has 0 fully saturated rings. The normalized spacial score (nSPS) is 10.6. The van der Waals surface area contributed by atoms with E-state index in [1.807, 2.05) is 41.2 Å². The average molecular weight is 398 g/mol. The number of hydrogen-bond donors (Lipinski definition) is 3. The molecule has 0 saturated heterocycles. The molecule has 0 atom stereocenters. The highest BCUT2D eigenvalue weighted by Crippen LogP contribution is 2.22. The first kappa shape index (κ1) is 20.7. The largest absolute Gasteiger partial charge is 0.353 e. The van der Waals surface area contributed by atoms with Crippen LogP contribution >= 0.6 is 0 Å². The van der Waals surface area contributed by atoms with Crippen molar-refractivity contribution >= 4 is 35.6 Å². The van der Waals surface area contributed by atoms with Gasteiger partial charge in [0.05, 0.1) is 21.5 Å². The molecule has 0 spiro atoms. The number of carbonyl (C=O) groups is 2. The van der Waals surface area contributed by atoms with Crippen molar-refractivity contribution in [2.75, 3.05) is 0 Å². The van der Waals surface area contributed by atoms with Crippen molar-refractivity contribution in [1.29, 1.82) is 0 Å². The number of carbonyl (C=O) groups excluding carboxylic acids is 2. The van der Waals surface area contributed by atoms with Crippen LogP contribution in [0, 0.1) is 20.2 Å². The summed E-state index contributed by atoms with van der Waals surface area (Å²) in [7, 11) is 0. The van der Waals surface area contributed by atoms with Crippen LogP contribution in [0.3, 0.4) is 0 Å². The number of rotatable bonds is 6. The third-order valence-electron chi connectivity index (χ3n) is 3.29. The first-order valence-corrected chi connectivity index (χ1v) is 7.92. The second-order valence-corrected chi connectivity index (χ2v) is 5.32.